The normalized spacial score (nSPS) is 11.1. The summed E-state index contributed by atoms with van der Waals surface area (Å²) in [5, 5.41) is 0. The molecule has 0 atom stereocenters. The molecule has 0 radical (unpaired) electrons. The van der Waals surface area contributed by atoms with Gasteiger partial charge in [0.15, 0.2) is 0 Å². The van der Waals surface area contributed by atoms with Crippen LogP contribution in [0.3, 0.4) is 0 Å². The lowest BCUT2D eigenvalue weighted by molar-refractivity contribution is 0.309. The van der Waals surface area contributed by atoms with Crippen molar-refractivity contribution in [2.45, 2.75) is 19.8 Å². The maximum absolute atomic E-state index is 5.73. The van der Waals surface area contributed by atoms with Gasteiger partial charge < -0.3 is 15.4 Å². The van der Waals surface area contributed by atoms with Crippen LogP contribution in [0.2, 0.25) is 0 Å². The van der Waals surface area contributed by atoms with Gasteiger partial charge in [-0.3, -0.25) is 0 Å². The van der Waals surface area contributed by atoms with E-state index in [1.54, 1.807) is 0 Å². The largest absolute Gasteiger partial charge is 0.491 e. The Bertz CT molecular complexity index is 376. The standard InChI is InChI=1S/C14H22Br2N2O/c1-3-18(2)7-5-11-9-12(15)14(13(16)10-11)19-8-4-6-17/h9-10H,3-8,17H2,1-2H3. The fourth-order valence-electron chi connectivity index (χ4n) is 1.63. The topological polar surface area (TPSA) is 38.5 Å². The number of likely N-dealkylation sites (N-methyl/N-ethyl adjacent to an activating group) is 1. The van der Waals surface area contributed by atoms with Crippen LogP contribution >= 0.6 is 31.9 Å². The molecule has 3 nitrogen and oxygen atoms in total. The number of rotatable bonds is 8. The van der Waals surface area contributed by atoms with Crippen LogP contribution in [0.25, 0.3) is 0 Å². The van der Waals surface area contributed by atoms with Gasteiger partial charge in [0.2, 0.25) is 0 Å². The predicted octanol–water partition coefficient (Wildman–Crippen LogP) is 3.43. The number of nitrogens with two attached hydrogens (primary N) is 1. The molecular weight excluding hydrogens is 372 g/mol. The first-order chi connectivity index (χ1) is 9.08. The Hall–Kier alpha value is -0.100. The SMILES string of the molecule is CCN(C)CCc1cc(Br)c(OCCCN)c(Br)c1. The van der Waals surface area contributed by atoms with Crippen LogP contribution in [-0.4, -0.2) is 38.2 Å². The second kappa shape index (κ2) is 8.95. The lowest BCUT2D eigenvalue weighted by atomic mass is 10.1. The van der Waals surface area contributed by atoms with Gasteiger partial charge in [-0.05, 0) is 82.5 Å². The summed E-state index contributed by atoms with van der Waals surface area (Å²) in [5.41, 5.74) is 6.76. The third-order valence-electron chi connectivity index (χ3n) is 2.97. The number of halogens is 2. The maximum atomic E-state index is 5.73. The molecule has 0 bridgehead atoms. The molecule has 0 saturated heterocycles. The number of ether oxygens (including phenoxy) is 1. The molecule has 1 aromatic rings. The second-order valence-corrected chi connectivity index (χ2v) is 6.23. The summed E-state index contributed by atoms with van der Waals surface area (Å²) in [6, 6.07) is 4.26. The van der Waals surface area contributed by atoms with Gasteiger partial charge in [0, 0.05) is 6.54 Å². The molecule has 2 N–H and O–H groups in total. The molecule has 0 aliphatic carbocycles. The minimum atomic E-state index is 0.644. The molecule has 108 valence electrons. The van der Waals surface area contributed by atoms with Crippen molar-refractivity contribution in [3.63, 3.8) is 0 Å². The molecule has 0 heterocycles. The third-order valence-corrected chi connectivity index (χ3v) is 4.15. The predicted molar refractivity (Wildman–Crippen MR) is 87.9 cm³/mol. The van der Waals surface area contributed by atoms with Crippen LogP contribution in [0.4, 0.5) is 0 Å². The van der Waals surface area contributed by atoms with Gasteiger partial charge in [-0.1, -0.05) is 6.92 Å². The summed E-state index contributed by atoms with van der Waals surface area (Å²) < 4.78 is 7.71. The molecule has 0 fully saturated rings. The van der Waals surface area contributed by atoms with E-state index in [2.05, 4.69) is 62.9 Å². The van der Waals surface area contributed by atoms with Crippen LogP contribution in [-0.2, 0) is 6.42 Å². The zero-order chi connectivity index (χ0) is 14.3. The Labute approximate surface area is 132 Å². The van der Waals surface area contributed by atoms with Crippen LogP contribution < -0.4 is 10.5 Å². The Morgan fingerprint density at radius 1 is 1.26 bits per heavy atom. The van der Waals surface area contributed by atoms with Gasteiger partial charge in [0.1, 0.15) is 5.75 Å². The zero-order valence-electron chi connectivity index (χ0n) is 11.6. The number of nitrogens with zero attached hydrogens (tertiary/aromatic N) is 1. The van der Waals surface area contributed by atoms with E-state index in [0.29, 0.717) is 13.2 Å². The molecule has 1 aromatic carbocycles. The fourth-order valence-corrected chi connectivity index (χ4v) is 3.14. The van der Waals surface area contributed by atoms with E-state index in [1.165, 1.54) is 5.56 Å². The van der Waals surface area contributed by atoms with Gasteiger partial charge in [0.05, 0.1) is 15.6 Å². The van der Waals surface area contributed by atoms with Crippen molar-refractivity contribution in [2.24, 2.45) is 5.73 Å². The summed E-state index contributed by atoms with van der Waals surface area (Å²) >= 11 is 7.15. The molecule has 0 aliphatic rings. The maximum Gasteiger partial charge on any atom is 0.147 e. The molecule has 0 unspecified atom stereocenters. The van der Waals surface area contributed by atoms with Gasteiger partial charge >= 0.3 is 0 Å². The van der Waals surface area contributed by atoms with Crippen molar-refractivity contribution < 1.29 is 4.74 Å². The quantitative estimate of drug-likeness (QED) is 0.687. The Kier molecular flexibility index (Phi) is 7.99. The molecule has 5 heteroatoms. The third kappa shape index (κ3) is 5.81. The Morgan fingerprint density at radius 3 is 2.42 bits per heavy atom. The molecule has 0 aliphatic heterocycles. The highest BCUT2D eigenvalue weighted by molar-refractivity contribution is 9.11. The highest BCUT2D eigenvalue weighted by atomic mass is 79.9. The average molecular weight is 394 g/mol. The fraction of sp³-hybridized carbons (Fsp3) is 0.571. The van der Waals surface area contributed by atoms with E-state index in [1.807, 2.05) is 0 Å². The average Bonchev–Trinajstić information content (AvgIpc) is 2.39. The minimum Gasteiger partial charge on any atom is -0.491 e. The van der Waals surface area contributed by atoms with Gasteiger partial charge in [0.25, 0.3) is 0 Å². The Balaban J connectivity index is 2.67. The Morgan fingerprint density at radius 2 is 1.89 bits per heavy atom. The van der Waals surface area contributed by atoms with Crippen molar-refractivity contribution in [3.8, 4) is 5.75 Å². The first kappa shape index (κ1) is 17.0. The van der Waals surface area contributed by atoms with Crippen molar-refractivity contribution in [2.75, 3.05) is 33.3 Å². The molecule has 0 spiro atoms. The van der Waals surface area contributed by atoms with Gasteiger partial charge in [-0.2, -0.15) is 0 Å². The van der Waals surface area contributed by atoms with Crippen molar-refractivity contribution in [3.05, 3.63) is 26.6 Å². The number of hydrogen-bond acceptors (Lipinski definition) is 3. The molecule has 0 amide bonds. The van der Waals surface area contributed by atoms with Crippen LogP contribution in [0.15, 0.2) is 21.1 Å². The lowest BCUT2D eigenvalue weighted by Gasteiger charge is -2.15. The lowest BCUT2D eigenvalue weighted by Crippen LogP contribution is -2.20. The van der Waals surface area contributed by atoms with Crippen LogP contribution in [0.5, 0.6) is 5.75 Å². The van der Waals surface area contributed by atoms with Crippen LogP contribution in [0.1, 0.15) is 18.9 Å². The van der Waals surface area contributed by atoms with Crippen molar-refractivity contribution >= 4 is 31.9 Å². The summed E-state index contributed by atoms with van der Waals surface area (Å²) in [6.07, 6.45) is 1.90. The highest BCUT2D eigenvalue weighted by Crippen LogP contribution is 2.35. The van der Waals surface area contributed by atoms with E-state index in [9.17, 15) is 0 Å². The minimum absolute atomic E-state index is 0.644. The van der Waals surface area contributed by atoms with E-state index in [-0.39, 0.29) is 0 Å². The van der Waals surface area contributed by atoms with Crippen molar-refractivity contribution in [1.29, 1.82) is 0 Å². The van der Waals surface area contributed by atoms with E-state index in [4.69, 9.17) is 10.5 Å². The zero-order valence-corrected chi connectivity index (χ0v) is 14.8. The van der Waals surface area contributed by atoms with Crippen molar-refractivity contribution in [1.82, 2.24) is 4.90 Å². The molecule has 19 heavy (non-hydrogen) atoms. The molecule has 0 saturated carbocycles. The molecule has 0 aromatic heterocycles. The van der Waals surface area contributed by atoms with Crippen LogP contribution in [0, 0.1) is 0 Å². The first-order valence-corrected chi connectivity index (χ1v) is 8.16. The summed E-state index contributed by atoms with van der Waals surface area (Å²) in [7, 11) is 2.13. The van der Waals surface area contributed by atoms with Gasteiger partial charge in [-0.25, -0.2) is 0 Å². The summed E-state index contributed by atoms with van der Waals surface area (Å²) in [6.45, 7) is 5.59. The highest BCUT2D eigenvalue weighted by Gasteiger charge is 2.09. The van der Waals surface area contributed by atoms with E-state index >= 15 is 0 Å². The molecule has 1 rings (SSSR count). The number of benzene rings is 1. The number of hydrogen-bond donors (Lipinski definition) is 1. The summed E-state index contributed by atoms with van der Waals surface area (Å²) in [4.78, 5) is 2.30. The smallest absolute Gasteiger partial charge is 0.147 e. The first-order valence-electron chi connectivity index (χ1n) is 6.57. The molecular formula is C14H22Br2N2O. The van der Waals surface area contributed by atoms with Gasteiger partial charge in [-0.15, -0.1) is 0 Å². The summed E-state index contributed by atoms with van der Waals surface area (Å²) in [5.74, 6) is 0.862. The van der Waals surface area contributed by atoms with E-state index < -0.39 is 0 Å². The van der Waals surface area contributed by atoms with E-state index in [0.717, 1.165) is 40.6 Å². The monoisotopic (exact) mass is 392 g/mol. The second-order valence-electron chi connectivity index (χ2n) is 4.53.